The van der Waals surface area contributed by atoms with Crippen molar-refractivity contribution in [3.63, 3.8) is 0 Å². The van der Waals surface area contributed by atoms with Gasteiger partial charge in [0.1, 0.15) is 0 Å². The molecule has 2 aliphatic rings. The highest BCUT2D eigenvalue weighted by Gasteiger charge is 2.50. The zero-order valence-electron chi connectivity index (χ0n) is 16.3. The minimum absolute atomic E-state index is 0.0124. The first-order valence-corrected chi connectivity index (χ1v) is 10.1. The summed E-state index contributed by atoms with van der Waals surface area (Å²) in [5, 5.41) is 0. The number of hydrogen-bond acceptors (Lipinski definition) is 1. The fourth-order valence-electron chi connectivity index (χ4n) is 4.84. The summed E-state index contributed by atoms with van der Waals surface area (Å²) in [7, 11) is 0. The molecule has 1 aliphatic heterocycles. The Morgan fingerprint density at radius 3 is 2.34 bits per heavy atom. The number of allylic oxidation sites excluding steroid dienone is 1. The normalized spacial score (nSPS) is 26.6. The monoisotopic (exact) mass is 399 g/mol. The van der Waals surface area contributed by atoms with Crippen LogP contribution in [0.25, 0.3) is 0 Å². The van der Waals surface area contributed by atoms with E-state index in [1.54, 1.807) is 0 Å². The highest BCUT2D eigenvalue weighted by Crippen LogP contribution is 2.50. The summed E-state index contributed by atoms with van der Waals surface area (Å²) in [6.45, 7) is 2.56. The minimum Gasteiger partial charge on any atom is -0.330 e. The fraction of sp³-hybridized carbons (Fsp3) is 0.375. The zero-order valence-corrected chi connectivity index (χ0v) is 16.3. The van der Waals surface area contributed by atoms with E-state index in [1.807, 2.05) is 35.2 Å². The van der Waals surface area contributed by atoms with Gasteiger partial charge >= 0.3 is 6.18 Å². The second-order valence-electron chi connectivity index (χ2n) is 7.95. The molecule has 2 nitrogen and oxygen atoms in total. The maximum Gasteiger partial charge on any atom is 0.416 e. The Morgan fingerprint density at radius 1 is 1.03 bits per heavy atom. The summed E-state index contributed by atoms with van der Waals surface area (Å²) in [5.41, 5.74) is 1.12. The zero-order chi connectivity index (χ0) is 20.6. The van der Waals surface area contributed by atoms with E-state index >= 15 is 0 Å². The molecule has 4 rings (SSSR count). The number of nitrogens with zero attached hydrogens (tertiary/aromatic N) is 1. The lowest BCUT2D eigenvalue weighted by atomic mass is 9.73. The number of carbonyl (C=O) groups is 1. The number of fused-ring (bicyclic) bond motifs is 1. The van der Waals surface area contributed by atoms with E-state index in [1.165, 1.54) is 12.1 Å². The van der Waals surface area contributed by atoms with Gasteiger partial charge in [-0.15, -0.1) is 0 Å². The number of rotatable bonds is 4. The van der Waals surface area contributed by atoms with Gasteiger partial charge in [-0.1, -0.05) is 68.0 Å². The van der Waals surface area contributed by atoms with Gasteiger partial charge in [-0.3, -0.25) is 4.79 Å². The molecule has 0 saturated carbocycles. The van der Waals surface area contributed by atoms with Gasteiger partial charge in [-0.25, -0.2) is 0 Å². The SMILES string of the molecule is CC[C@H]1CC=C[C@@H]2[C@@H]1C(=O)N(Cc1ccccc1)[C@H]2c1ccc(C(F)(F)F)cc1. The largest absolute Gasteiger partial charge is 0.416 e. The lowest BCUT2D eigenvalue weighted by molar-refractivity contribution is -0.137. The molecule has 0 spiro atoms. The molecule has 1 amide bonds. The summed E-state index contributed by atoms with van der Waals surface area (Å²) in [4.78, 5) is 15.3. The van der Waals surface area contributed by atoms with E-state index in [-0.39, 0.29) is 29.7 Å². The third-order valence-corrected chi connectivity index (χ3v) is 6.29. The van der Waals surface area contributed by atoms with Gasteiger partial charge in [-0.05, 0) is 35.6 Å². The number of benzene rings is 2. The standard InChI is InChI=1S/C24H24F3NO/c1-2-17-9-6-10-20-21(17)23(29)28(15-16-7-4-3-5-8-16)22(20)18-11-13-19(14-12-18)24(25,26)27/h3-8,10-14,17,20-22H,2,9,15H2,1H3/t17-,20+,21+,22-/m0/s1. The van der Waals surface area contributed by atoms with Crippen molar-refractivity contribution in [2.75, 3.05) is 0 Å². The topological polar surface area (TPSA) is 20.3 Å². The molecule has 4 atom stereocenters. The first-order chi connectivity index (χ1) is 13.9. The van der Waals surface area contributed by atoms with Gasteiger partial charge in [0.15, 0.2) is 0 Å². The highest BCUT2D eigenvalue weighted by molar-refractivity contribution is 5.83. The van der Waals surface area contributed by atoms with E-state index in [4.69, 9.17) is 0 Å². The smallest absolute Gasteiger partial charge is 0.330 e. The van der Waals surface area contributed by atoms with Gasteiger partial charge in [0.25, 0.3) is 0 Å². The third-order valence-electron chi connectivity index (χ3n) is 6.29. The van der Waals surface area contributed by atoms with Crippen molar-refractivity contribution in [3.8, 4) is 0 Å². The lowest BCUT2D eigenvalue weighted by Crippen LogP contribution is -2.31. The molecule has 0 N–H and O–H groups in total. The molecule has 152 valence electrons. The predicted molar refractivity (Wildman–Crippen MR) is 106 cm³/mol. The van der Waals surface area contributed by atoms with Crippen molar-refractivity contribution < 1.29 is 18.0 Å². The lowest BCUT2D eigenvalue weighted by Gasteiger charge is -2.30. The number of amides is 1. The molecule has 2 aromatic carbocycles. The van der Waals surface area contributed by atoms with Crippen LogP contribution >= 0.6 is 0 Å². The fourth-order valence-corrected chi connectivity index (χ4v) is 4.84. The van der Waals surface area contributed by atoms with Crippen LogP contribution in [0.3, 0.4) is 0 Å². The minimum atomic E-state index is -4.37. The van der Waals surface area contributed by atoms with Crippen molar-refractivity contribution in [1.82, 2.24) is 4.90 Å². The molecule has 29 heavy (non-hydrogen) atoms. The predicted octanol–water partition coefficient (Wildman–Crippen LogP) is 6.01. The van der Waals surface area contributed by atoms with Gasteiger partial charge in [0, 0.05) is 18.4 Å². The summed E-state index contributed by atoms with van der Waals surface area (Å²) >= 11 is 0. The average Bonchev–Trinajstić information content (AvgIpc) is 3.00. The quantitative estimate of drug-likeness (QED) is 0.577. The van der Waals surface area contributed by atoms with Crippen molar-refractivity contribution in [3.05, 3.63) is 83.4 Å². The van der Waals surface area contributed by atoms with Crippen LogP contribution in [0.4, 0.5) is 13.2 Å². The van der Waals surface area contributed by atoms with Crippen LogP contribution in [0.2, 0.25) is 0 Å². The number of carbonyl (C=O) groups excluding carboxylic acids is 1. The Labute approximate surface area is 169 Å². The van der Waals surface area contributed by atoms with Gasteiger partial charge in [0.05, 0.1) is 11.6 Å². The van der Waals surface area contributed by atoms with E-state index in [9.17, 15) is 18.0 Å². The number of hydrogen-bond donors (Lipinski definition) is 0. The Kier molecular flexibility index (Phi) is 5.24. The number of halogens is 3. The van der Waals surface area contributed by atoms with Gasteiger partial charge in [0.2, 0.25) is 5.91 Å². The van der Waals surface area contributed by atoms with Gasteiger partial charge in [-0.2, -0.15) is 13.2 Å². The Morgan fingerprint density at radius 2 is 1.72 bits per heavy atom. The third kappa shape index (κ3) is 3.70. The van der Waals surface area contributed by atoms with Crippen molar-refractivity contribution in [2.24, 2.45) is 17.8 Å². The van der Waals surface area contributed by atoms with E-state index in [0.29, 0.717) is 6.54 Å². The van der Waals surface area contributed by atoms with Crippen LogP contribution in [-0.4, -0.2) is 10.8 Å². The van der Waals surface area contributed by atoms with Crippen molar-refractivity contribution >= 4 is 5.91 Å². The average molecular weight is 399 g/mol. The second kappa shape index (κ2) is 7.69. The molecule has 1 heterocycles. The van der Waals surface area contributed by atoms with Crippen LogP contribution in [0.15, 0.2) is 66.7 Å². The summed E-state index contributed by atoms with van der Waals surface area (Å²) in [6.07, 6.45) is 1.65. The summed E-state index contributed by atoms with van der Waals surface area (Å²) in [6, 6.07) is 14.8. The molecule has 1 saturated heterocycles. The Bertz CT molecular complexity index is 889. The van der Waals surface area contributed by atoms with Crippen molar-refractivity contribution in [2.45, 2.75) is 38.5 Å². The molecule has 0 radical (unpaired) electrons. The van der Waals surface area contributed by atoms with Crippen LogP contribution in [0.1, 0.15) is 42.5 Å². The molecular formula is C24H24F3NO. The van der Waals surface area contributed by atoms with Crippen LogP contribution < -0.4 is 0 Å². The van der Waals surface area contributed by atoms with Crippen molar-refractivity contribution in [1.29, 1.82) is 0 Å². The molecule has 1 aliphatic carbocycles. The van der Waals surface area contributed by atoms with E-state index < -0.39 is 11.7 Å². The molecule has 2 aromatic rings. The molecule has 1 fully saturated rings. The maximum atomic E-state index is 13.4. The molecule has 0 aromatic heterocycles. The van der Waals surface area contributed by atoms with Gasteiger partial charge < -0.3 is 4.90 Å². The molecule has 0 bridgehead atoms. The van der Waals surface area contributed by atoms with Crippen LogP contribution in [0, 0.1) is 17.8 Å². The molecular weight excluding hydrogens is 375 g/mol. The van der Waals surface area contributed by atoms with Crippen LogP contribution in [-0.2, 0) is 17.5 Å². The number of likely N-dealkylation sites (tertiary alicyclic amines) is 1. The number of alkyl halides is 3. The molecule has 0 unspecified atom stereocenters. The Hall–Kier alpha value is -2.56. The first-order valence-electron chi connectivity index (χ1n) is 10.1. The Balaban J connectivity index is 1.73. The van der Waals surface area contributed by atoms with E-state index in [0.717, 1.165) is 36.1 Å². The first kappa shape index (κ1) is 19.7. The molecule has 5 heteroatoms. The second-order valence-corrected chi connectivity index (χ2v) is 7.95. The van der Waals surface area contributed by atoms with Crippen LogP contribution in [0.5, 0.6) is 0 Å². The maximum absolute atomic E-state index is 13.4. The summed E-state index contributed by atoms with van der Waals surface area (Å²) < 4.78 is 39.0. The highest BCUT2D eigenvalue weighted by atomic mass is 19.4. The van der Waals surface area contributed by atoms with E-state index in [2.05, 4.69) is 19.1 Å². The summed E-state index contributed by atoms with van der Waals surface area (Å²) in [5.74, 6) is 0.262.